The largest absolute Gasteiger partial charge is 0.357 e. The number of hydrogen-bond acceptors (Lipinski definition) is 3. The Morgan fingerprint density at radius 3 is 2.62 bits per heavy atom. The molecule has 0 spiro atoms. The van der Waals surface area contributed by atoms with Gasteiger partial charge in [0.15, 0.2) is 0 Å². The van der Waals surface area contributed by atoms with E-state index < -0.39 is 0 Å². The zero-order valence-electron chi connectivity index (χ0n) is 16.9. The minimum atomic E-state index is 0.318. The van der Waals surface area contributed by atoms with E-state index >= 15 is 0 Å². The molecule has 0 fully saturated rings. The van der Waals surface area contributed by atoms with Crippen molar-refractivity contribution in [1.29, 1.82) is 0 Å². The highest BCUT2D eigenvalue weighted by atomic mass is 15.0. The summed E-state index contributed by atoms with van der Waals surface area (Å²) in [6.07, 6.45) is 7.32. The molecule has 4 heteroatoms. The Labute approximate surface area is 171 Å². The number of hydrogen-bond donors (Lipinski definition) is 2. The van der Waals surface area contributed by atoms with Gasteiger partial charge >= 0.3 is 0 Å². The van der Waals surface area contributed by atoms with E-state index in [1.165, 1.54) is 39.7 Å². The third-order valence-electron chi connectivity index (χ3n) is 6.07. The van der Waals surface area contributed by atoms with E-state index in [1.807, 2.05) is 19.3 Å². The SMILES string of the molecule is Cc1ncc(-c2ccc3[nH]c4c(c3c2)CCCC4N[C@H](C)c2ccccc2)cn1. The van der Waals surface area contributed by atoms with Crippen LogP contribution in [0, 0.1) is 6.92 Å². The van der Waals surface area contributed by atoms with Crippen molar-refractivity contribution in [3.8, 4) is 11.1 Å². The summed E-state index contributed by atoms with van der Waals surface area (Å²) in [5.74, 6) is 0.801. The molecule has 0 amide bonds. The zero-order valence-corrected chi connectivity index (χ0v) is 16.9. The van der Waals surface area contributed by atoms with Crippen LogP contribution in [0.15, 0.2) is 60.9 Å². The summed E-state index contributed by atoms with van der Waals surface area (Å²) < 4.78 is 0. The number of aryl methyl sites for hydroxylation is 2. The number of H-pyrrole nitrogens is 1. The maximum absolute atomic E-state index is 4.36. The topological polar surface area (TPSA) is 53.6 Å². The molecule has 2 atom stereocenters. The number of aromatic amines is 1. The first-order chi connectivity index (χ1) is 14.2. The zero-order chi connectivity index (χ0) is 19.8. The summed E-state index contributed by atoms with van der Waals surface area (Å²) in [4.78, 5) is 12.4. The van der Waals surface area contributed by atoms with E-state index in [1.54, 1.807) is 0 Å². The molecule has 2 aromatic carbocycles. The highest BCUT2D eigenvalue weighted by Crippen LogP contribution is 2.37. The van der Waals surface area contributed by atoms with Crippen LogP contribution >= 0.6 is 0 Å². The normalized spacial score (nSPS) is 17.2. The molecule has 29 heavy (non-hydrogen) atoms. The second kappa shape index (κ2) is 7.45. The first-order valence-electron chi connectivity index (χ1n) is 10.4. The van der Waals surface area contributed by atoms with Gasteiger partial charge in [0, 0.05) is 46.6 Å². The maximum Gasteiger partial charge on any atom is 0.125 e. The number of rotatable bonds is 4. The van der Waals surface area contributed by atoms with Gasteiger partial charge in [-0.1, -0.05) is 36.4 Å². The van der Waals surface area contributed by atoms with Crippen molar-refractivity contribution >= 4 is 10.9 Å². The molecule has 2 N–H and O–H groups in total. The lowest BCUT2D eigenvalue weighted by molar-refractivity contribution is 0.410. The molecule has 0 saturated carbocycles. The lowest BCUT2D eigenvalue weighted by Gasteiger charge is -2.27. The van der Waals surface area contributed by atoms with Gasteiger partial charge in [-0.25, -0.2) is 9.97 Å². The van der Waals surface area contributed by atoms with Crippen molar-refractivity contribution in [2.24, 2.45) is 0 Å². The molecule has 1 aliphatic rings. The predicted molar refractivity (Wildman–Crippen MR) is 118 cm³/mol. The monoisotopic (exact) mass is 382 g/mol. The van der Waals surface area contributed by atoms with E-state index in [2.05, 4.69) is 75.7 Å². The minimum Gasteiger partial charge on any atom is -0.357 e. The Kier molecular flexibility index (Phi) is 4.64. The summed E-state index contributed by atoms with van der Waals surface area (Å²) in [6.45, 7) is 4.17. The Morgan fingerprint density at radius 1 is 1.03 bits per heavy atom. The first-order valence-corrected chi connectivity index (χ1v) is 10.4. The summed E-state index contributed by atoms with van der Waals surface area (Å²) in [7, 11) is 0. The van der Waals surface area contributed by atoms with E-state index in [9.17, 15) is 0 Å². The molecule has 0 bridgehead atoms. The summed E-state index contributed by atoms with van der Waals surface area (Å²) in [6, 6.07) is 18.0. The molecule has 1 aliphatic carbocycles. The lowest BCUT2D eigenvalue weighted by atomic mass is 9.90. The molecular formula is C25H26N4. The van der Waals surface area contributed by atoms with E-state index in [-0.39, 0.29) is 0 Å². The molecule has 146 valence electrons. The van der Waals surface area contributed by atoms with Crippen LogP contribution in [-0.4, -0.2) is 15.0 Å². The van der Waals surface area contributed by atoms with Crippen molar-refractivity contribution in [2.45, 2.75) is 45.2 Å². The molecule has 0 aliphatic heterocycles. The molecule has 5 rings (SSSR count). The van der Waals surface area contributed by atoms with Gasteiger partial charge in [0.2, 0.25) is 0 Å². The van der Waals surface area contributed by atoms with Crippen LogP contribution in [0.5, 0.6) is 0 Å². The summed E-state index contributed by atoms with van der Waals surface area (Å²) >= 11 is 0. The van der Waals surface area contributed by atoms with Crippen LogP contribution in [0.25, 0.3) is 22.0 Å². The van der Waals surface area contributed by atoms with Crippen molar-refractivity contribution in [1.82, 2.24) is 20.3 Å². The number of benzene rings is 2. The van der Waals surface area contributed by atoms with Gasteiger partial charge in [-0.05, 0) is 61.9 Å². The predicted octanol–water partition coefficient (Wildman–Crippen LogP) is 5.66. The molecule has 0 radical (unpaired) electrons. The van der Waals surface area contributed by atoms with Crippen LogP contribution in [0.4, 0.5) is 0 Å². The first kappa shape index (κ1) is 18.1. The third-order valence-corrected chi connectivity index (χ3v) is 6.07. The fourth-order valence-electron chi connectivity index (χ4n) is 4.49. The number of nitrogens with zero attached hydrogens (tertiary/aromatic N) is 2. The van der Waals surface area contributed by atoms with E-state index in [4.69, 9.17) is 0 Å². The van der Waals surface area contributed by atoms with Gasteiger partial charge in [0.05, 0.1) is 0 Å². The van der Waals surface area contributed by atoms with Gasteiger partial charge in [-0.15, -0.1) is 0 Å². The molecule has 4 nitrogen and oxygen atoms in total. The second-order valence-electron chi connectivity index (χ2n) is 8.04. The second-order valence-corrected chi connectivity index (χ2v) is 8.04. The number of fused-ring (bicyclic) bond motifs is 3. The average Bonchev–Trinajstić information content (AvgIpc) is 3.14. The van der Waals surface area contributed by atoms with Crippen molar-refractivity contribution in [3.05, 3.63) is 83.6 Å². The quantitative estimate of drug-likeness (QED) is 0.479. The van der Waals surface area contributed by atoms with Gasteiger partial charge < -0.3 is 10.3 Å². The smallest absolute Gasteiger partial charge is 0.125 e. The Balaban J connectivity index is 1.49. The van der Waals surface area contributed by atoms with Crippen LogP contribution < -0.4 is 5.32 Å². The van der Waals surface area contributed by atoms with Gasteiger partial charge in [-0.2, -0.15) is 0 Å². The molecule has 4 aromatic rings. The highest BCUT2D eigenvalue weighted by molar-refractivity contribution is 5.89. The van der Waals surface area contributed by atoms with Crippen LogP contribution in [0.3, 0.4) is 0 Å². The van der Waals surface area contributed by atoms with Gasteiger partial charge in [0.25, 0.3) is 0 Å². The van der Waals surface area contributed by atoms with E-state index in [0.29, 0.717) is 12.1 Å². The maximum atomic E-state index is 4.36. The van der Waals surface area contributed by atoms with Crippen LogP contribution in [0.1, 0.15) is 54.5 Å². The molecule has 2 heterocycles. The molecule has 2 aromatic heterocycles. The standard InChI is InChI=1S/C25H26N4/c1-16(18-7-4-3-5-8-18)28-24-10-6-9-21-22-13-19(11-12-23(22)29-25(21)24)20-14-26-17(2)27-15-20/h3-5,7-8,11-16,24,28-29H,6,9-10H2,1-2H3/t16-,24?/m1/s1. The lowest BCUT2D eigenvalue weighted by Crippen LogP contribution is -2.27. The fourth-order valence-corrected chi connectivity index (χ4v) is 4.49. The Hall–Kier alpha value is -2.98. The van der Waals surface area contributed by atoms with E-state index in [0.717, 1.165) is 24.2 Å². The minimum absolute atomic E-state index is 0.318. The van der Waals surface area contributed by atoms with Crippen LogP contribution in [0.2, 0.25) is 0 Å². The van der Waals surface area contributed by atoms with Crippen molar-refractivity contribution < 1.29 is 0 Å². The number of nitrogens with one attached hydrogen (secondary N) is 2. The van der Waals surface area contributed by atoms with Gasteiger partial charge in [-0.3, -0.25) is 0 Å². The molecule has 0 saturated heterocycles. The Bertz CT molecular complexity index is 1130. The fraction of sp³-hybridized carbons (Fsp3) is 0.280. The van der Waals surface area contributed by atoms with Crippen molar-refractivity contribution in [3.63, 3.8) is 0 Å². The van der Waals surface area contributed by atoms with Crippen molar-refractivity contribution in [2.75, 3.05) is 0 Å². The summed E-state index contributed by atoms with van der Waals surface area (Å²) in [5, 5.41) is 5.18. The Morgan fingerprint density at radius 2 is 1.83 bits per heavy atom. The van der Waals surface area contributed by atoms with Gasteiger partial charge in [0.1, 0.15) is 5.82 Å². The molecule has 1 unspecified atom stereocenters. The summed E-state index contributed by atoms with van der Waals surface area (Å²) in [5.41, 5.74) is 7.60. The molecular weight excluding hydrogens is 356 g/mol. The third kappa shape index (κ3) is 3.45. The number of aromatic nitrogens is 3. The average molecular weight is 383 g/mol. The van der Waals surface area contributed by atoms with Crippen LogP contribution in [-0.2, 0) is 6.42 Å². The highest BCUT2D eigenvalue weighted by Gasteiger charge is 2.25.